The van der Waals surface area contributed by atoms with Crippen LogP contribution in [0.5, 0.6) is 11.5 Å². The number of fused-ring (bicyclic) bond motifs is 1. The number of halogens is 1. The van der Waals surface area contributed by atoms with Gasteiger partial charge in [0.15, 0.2) is 0 Å². The molecule has 1 atom stereocenters. The summed E-state index contributed by atoms with van der Waals surface area (Å²) in [5.41, 5.74) is 2.17. The molecule has 0 spiro atoms. The molecule has 0 aromatic heterocycles. The summed E-state index contributed by atoms with van der Waals surface area (Å²) in [5.74, 6) is 1.00. The van der Waals surface area contributed by atoms with Crippen molar-refractivity contribution in [2.75, 3.05) is 11.9 Å². The Morgan fingerprint density at radius 2 is 2.11 bits per heavy atom. The van der Waals surface area contributed by atoms with Gasteiger partial charge in [-0.05, 0) is 52.9 Å². The van der Waals surface area contributed by atoms with Gasteiger partial charge in [0.1, 0.15) is 18.1 Å². The summed E-state index contributed by atoms with van der Waals surface area (Å²) >= 11 is 2.29. The Bertz CT molecular complexity index is 586. The topological polar surface area (TPSA) is 41.5 Å². The van der Waals surface area contributed by atoms with Crippen LogP contribution in [0.3, 0.4) is 0 Å². The highest BCUT2D eigenvalue weighted by atomic mass is 127. The number of phenolic OH excluding ortho intramolecular Hbond substituents is 1. The Hall–Kier alpha value is -1.43. The average molecular weight is 353 g/mol. The lowest BCUT2D eigenvalue weighted by atomic mass is 10.1. The van der Waals surface area contributed by atoms with E-state index in [0.717, 1.165) is 17.0 Å². The van der Waals surface area contributed by atoms with Crippen molar-refractivity contribution < 1.29 is 9.84 Å². The van der Waals surface area contributed by atoms with E-state index in [1.54, 1.807) is 12.1 Å². The molecule has 3 rings (SSSR count). The number of aromatic hydroxyl groups is 1. The zero-order valence-electron chi connectivity index (χ0n) is 9.56. The fourth-order valence-electron chi connectivity index (χ4n) is 2.10. The second-order valence-corrected chi connectivity index (χ2v) is 5.49. The Morgan fingerprint density at radius 1 is 1.22 bits per heavy atom. The highest BCUT2D eigenvalue weighted by Gasteiger charge is 2.24. The normalized spacial score (nSPS) is 17.1. The molecule has 4 heteroatoms. The predicted molar refractivity (Wildman–Crippen MR) is 79.1 cm³/mol. The van der Waals surface area contributed by atoms with Crippen LogP contribution in [-0.4, -0.2) is 11.7 Å². The summed E-state index contributed by atoms with van der Waals surface area (Å²) in [5, 5.41) is 12.9. The highest BCUT2D eigenvalue weighted by Crippen LogP contribution is 2.36. The number of benzene rings is 2. The predicted octanol–water partition coefficient (Wildman–Crippen LogP) is 3.54. The van der Waals surface area contributed by atoms with Gasteiger partial charge in [-0.3, -0.25) is 0 Å². The molecule has 3 nitrogen and oxygen atoms in total. The van der Waals surface area contributed by atoms with Crippen molar-refractivity contribution in [1.29, 1.82) is 0 Å². The van der Waals surface area contributed by atoms with Crippen molar-refractivity contribution in [3.8, 4) is 11.5 Å². The van der Waals surface area contributed by atoms with E-state index in [4.69, 9.17) is 4.74 Å². The van der Waals surface area contributed by atoms with Crippen LogP contribution in [-0.2, 0) is 0 Å². The van der Waals surface area contributed by atoms with Crippen molar-refractivity contribution in [3.05, 3.63) is 51.6 Å². The van der Waals surface area contributed by atoms with Gasteiger partial charge in [0.05, 0.1) is 6.04 Å². The standard InChI is InChI=1S/C14H12INO2/c15-9-2-1-3-10(6-9)16-13-8-18-14-7-11(17)4-5-12(13)14/h1-7,13,16-17H,8H2. The van der Waals surface area contributed by atoms with Crippen LogP contribution in [0.1, 0.15) is 11.6 Å². The molecule has 0 saturated heterocycles. The third-order valence-corrected chi connectivity index (χ3v) is 3.61. The number of ether oxygens (including phenoxy) is 1. The van der Waals surface area contributed by atoms with Crippen molar-refractivity contribution in [2.24, 2.45) is 0 Å². The number of rotatable bonds is 2. The van der Waals surface area contributed by atoms with Crippen molar-refractivity contribution in [1.82, 2.24) is 0 Å². The first-order valence-electron chi connectivity index (χ1n) is 5.70. The summed E-state index contributed by atoms with van der Waals surface area (Å²) < 4.78 is 6.77. The van der Waals surface area contributed by atoms with Crippen molar-refractivity contribution >= 4 is 28.3 Å². The largest absolute Gasteiger partial charge is 0.508 e. The summed E-state index contributed by atoms with van der Waals surface area (Å²) in [6.45, 7) is 0.588. The first-order valence-corrected chi connectivity index (χ1v) is 6.78. The molecule has 18 heavy (non-hydrogen) atoms. The quantitative estimate of drug-likeness (QED) is 0.812. The molecule has 1 aliphatic heterocycles. The summed E-state index contributed by atoms with van der Waals surface area (Å²) in [6, 6.07) is 13.6. The Balaban J connectivity index is 1.85. The zero-order valence-corrected chi connectivity index (χ0v) is 11.7. The van der Waals surface area contributed by atoms with Gasteiger partial charge in [-0.15, -0.1) is 0 Å². The number of phenols is 1. The van der Waals surface area contributed by atoms with Crippen LogP contribution in [0.2, 0.25) is 0 Å². The third kappa shape index (κ3) is 2.25. The molecule has 0 saturated carbocycles. The summed E-state index contributed by atoms with van der Waals surface area (Å²) in [6.07, 6.45) is 0. The van der Waals surface area contributed by atoms with Gasteiger partial charge in [0.25, 0.3) is 0 Å². The fraction of sp³-hybridized carbons (Fsp3) is 0.143. The molecule has 92 valence electrons. The summed E-state index contributed by atoms with van der Waals surface area (Å²) in [7, 11) is 0. The molecule has 1 unspecified atom stereocenters. The number of nitrogens with one attached hydrogen (secondary N) is 1. The smallest absolute Gasteiger partial charge is 0.128 e. The number of anilines is 1. The van der Waals surface area contributed by atoms with Gasteiger partial charge < -0.3 is 15.2 Å². The van der Waals surface area contributed by atoms with E-state index in [-0.39, 0.29) is 11.8 Å². The van der Waals surface area contributed by atoms with Gasteiger partial charge in [0.2, 0.25) is 0 Å². The zero-order chi connectivity index (χ0) is 12.5. The molecule has 2 aromatic carbocycles. The molecule has 0 radical (unpaired) electrons. The maximum Gasteiger partial charge on any atom is 0.128 e. The van der Waals surface area contributed by atoms with E-state index in [1.807, 2.05) is 18.2 Å². The van der Waals surface area contributed by atoms with Crippen LogP contribution in [0.15, 0.2) is 42.5 Å². The minimum Gasteiger partial charge on any atom is -0.508 e. The van der Waals surface area contributed by atoms with E-state index in [0.29, 0.717) is 6.61 Å². The van der Waals surface area contributed by atoms with E-state index in [2.05, 4.69) is 40.0 Å². The maximum absolute atomic E-state index is 9.41. The van der Waals surface area contributed by atoms with Crippen LogP contribution in [0.4, 0.5) is 5.69 Å². The van der Waals surface area contributed by atoms with E-state index in [1.165, 1.54) is 3.57 Å². The SMILES string of the molecule is Oc1ccc2c(c1)OCC2Nc1cccc(I)c1. The summed E-state index contributed by atoms with van der Waals surface area (Å²) in [4.78, 5) is 0. The lowest BCUT2D eigenvalue weighted by Crippen LogP contribution is -2.11. The third-order valence-electron chi connectivity index (χ3n) is 2.94. The first kappa shape index (κ1) is 11.6. The van der Waals surface area contributed by atoms with E-state index in [9.17, 15) is 5.11 Å². The second kappa shape index (κ2) is 4.68. The Kier molecular flexibility index (Phi) is 3.03. The molecule has 0 fully saturated rings. The number of hydrogen-bond donors (Lipinski definition) is 2. The van der Waals surface area contributed by atoms with Crippen LogP contribution in [0.25, 0.3) is 0 Å². The first-order chi connectivity index (χ1) is 8.72. The van der Waals surface area contributed by atoms with Gasteiger partial charge in [-0.1, -0.05) is 6.07 Å². The Labute approximate surface area is 119 Å². The van der Waals surface area contributed by atoms with Crippen molar-refractivity contribution in [3.63, 3.8) is 0 Å². The fourth-order valence-corrected chi connectivity index (χ4v) is 2.64. The lowest BCUT2D eigenvalue weighted by Gasteiger charge is -2.13. The number of hydrogen-bond acceptors (Lipinski definition) is 3. The minimum absolute atomic E-state index is 0.138. The van der Waals surface area contributed by atoms with Crippen LogP contribution < -0.4 is 10.1 Å². The molecular weight excluding hydrogens is 341 g/mol. The lowest BCUT2D eigenvalue weighted by molar-refractivity contribution is 0.338. The van der Waals surface area contributed by atoms with E-state index < -0.39 is 0 Å². The molecule has 1 heterocycles. The van der Waals surface area contributed by atoms with Gasteiger partial charge in [0, 0.05) is 20.9 Å². The molecule has 0 amide bonds. The van der Waals surface area contributed by atoms with Crippen LogP contribution in [0, 0.1) is 3.57 Å². The highest BCUT2D eigenvalue weighted by molar-refractivity contribution is 14.1. The van der Waals surface area contributed by atoms with Gasteiger partial charge in [-0.25, -0.2) is 0 Å². The monoisotopic (exact) mass is 353 g/mol. The molecule has 0 aliphatic carbocycles. The molecule has 0 bridgehead atoms. The van der Waals surface area contributed by atoms with Gasteiger partial charge >= 0.3 is 0 Å². The molecular formula is C14H12INO2. The minimum atomic E-state index is 0.138. The molecule has 2 N–H and O–H groups in total. The maximum atomic E-state index is 9.41. The Morgan fingerprint density at radius 3 is 2.94 bits per heavy atom. The van der Waals surface area contributed by atoms with Crippen molar-refractivity contribution in [2.45, 2.75) is 6.04 Å². The molecule has 1 aliphatic rings. The second-order valence-electron chi connectivity index (χ2n) is 4.24. The molecule has 2 aromatic rings. The van der Waals surface area contributed by atoms with Crippen LogP contribution >= 0.6 is 22.6 Å². The van der Waals surface area contributed by atoms with E-state index >= 15 is 0 Å². The average Bonchev–Trinajstić information content (AvgIpc) is 2.72. The van der Waals surface area contributed by atoms with Gasteiger partial charge in [-0.2, -0.15) is 0 Å².